The van der Waals surface area contributed by atoms with Gasteiger partial charge in [-0.15, -0.1) is 0 Å². The van der Waals surface area contributed by atoms with E-state index in [2.05, 4.69) is 17.9 Å². The number of ether oxygens (including phenoxy) is 2. The van der Waals surface area contributed by atoms with Crippen LogP contribution in [0.15, 0.2) is 12.1 Å². The second-order valence-electron chi connectivity index (χ2n) is 11.5. The number of phenolic OH excluding ortho intramolecular Hbond substituents is 1. The molecule has 29 heavy (non-hydrogen) atoms. The number of aromatic hydroxyl groups is 1. The van der Waals surface area contributed by atoms with Gasteiger partial charge in [-0.05, 0) is 80.9 Å². The zero-order valence-electron chi connectivity index (χ0n) is 17.3. The van der Waals surface area contributed by atoms with E-state index in [1.54, 1.807) is 0 Å². The van der Waals surface area contributed by atoms with Crippen LogP contribution in [0, 0.1) is 23.2 Å². The standard InChI is InChI=1S/C25H31NO3/c1-14-13-28-25-7-6-23(11-17(14)25)19-10-16-4-5-18(27)21-20(16)24(23,22(25)29-21)8-9-26(19)12-15-2-3-15/h4-5,14-15,17,19,22,27H,2-3,6-13H2,1H3/t14-,17-,19+,22+,23?,24?,25-/m0/s1. The van der Waals surface area contributed by atoms with Crippen molar-refractivity contribution >= 4 is 0 Å². The van der Waals surface area contributed by atoms with Gasteiger partial charge < -0.3 is 14.6 Å². The van der Waals surface area contributed by atoms with Crippen molar-refractivity contribution in [1.29, 1.82) is 0 Å². The minimum atomic E-state index is -0.134. The van der Waals surface area contributed by atoms with Gasteiger partial charge in [0, 0.05) is 29.0 Å². The van der Waals surface area contributed by atoms with Crippen LogP contribution >= 0.6 is 0 Å². The Balaban J connectivity index is 1.40. The van der Waals surface area contributed by atoms with Crippen molar-refractivity contribution in [2.24, 2.45) is 23.2 Å². The van der Waals surface area contributed by atoms with E-state index >= 15 is 0 Å². The van der Waals surface area contributed by atoms with Crippen molar-refractivity contribution in [1.82, 2.24) is 4.90 Å². The van der Waals surface area contributed by atoms with Crippen LogP contribution < -0.4 is 4.74 Å². The molecule has 6 fully saturated rings. The fourth-order valence-electron chi connectivity index (χ4n) is 9.42. The molecule has 4 nitrogen and oxygen atoms in total. The molecular formula is C25H31NO3. The summed E-state index contributed by atoms with van der Waals surface area (Å²) in [5.41, 5.74) is 3.06. The molecule has 8 aliphatic rings. The van der Waals surface area contributed by atoms with E-state index in [4.69, 9.17) is 9.47 Å². The summed E-state index contributed by atoms with van der Waals surface area (Å²) in [5.74, 6) is 3.32. The number of hydrogen-bond acceptors (Lipinski definition) is 4. The van der Waals surface area contributed by atoms with Gasteiger partial charge in [-0.2, -0.15) is 0 Å². The molecule has 4 bridgehead atoms. The van der Waals surface area contributed by atoms with Crippen molar-refractivity contribution in [2.75, 3.05) is 19.7 Å². The first-order chi connectivity index (χ1) is 14.1. The lowest BCUT2D eigenvalue weighted by Crippen LogP contribution is -2.80. The molecule has 7 atom stereocenters. The highest BCUT2D eigenvalue weighted by Gasteiger charge is 2.82. The average Bonchev–Trinajstić information content (AvgIpc) is 3.37. The van der Waals surface area contributed by atoms with Gasteiger partial charge in [-0.25, -0.2) is 0 Å². The molecule has 154 valence electrons. The molecule has 9 rings (SSSR count). The minimum Gasteiger partial charge on any atom is -0.504 e. The maximum atomic E-state index is 10.8. The second kappa shape index (κ2) is 4.80. The van der Waals surface area contributed by atoms with Gasteiger partial charge in [0.15, 0.2) is 11.5 Å². The second-order valence-corrected chi connectivity index (χ2v) is 11.5. The number of hydrogen-bond donors (Lipinski definition) is 1. The molecule has 0 aromatic heterocycles. The predicted octanol–water partition coefficient (Wildman–Crippen LogP) is 3.64. The molecule has 0 radical (unpaired) electrons. The van der Waals surface area contributed by atoms with Gasteiger partial charge in [0.1, 0.15) is 11.7 Å². The Kier molecular flexibility index (Phi) is 2.72. The molecule has 4 saturated carbocycles. The Labute approximate surface area is 172 Å². The first kappa shape index (κ1) is 16.4. The fourth-order valence-corrected chi connectivity index (χ4v) is 9.42. The van der Waals surface area contributed by atoms with Crippen LogP contribution in [0.4, 0.5) is 0 Å². The van der Waals surface area contributed by atoms with E-state index < -0.39 is 0 Å². The van der Waals surface area contributed by atoms with E-state index in [1.165, 1.54) is 56.3 Å². The highest BCUT2D eigenvalue weighted by Crippen LogP contribution is 2.78. The van der Waals surface area contributed by atoms with E-state index in [0.29, 0.717) is 29.0 Å². The molecule has 1 aromatic carbocycles. The lowest BCUT2D eigenvalue weighted by Gasteiger charge is -2.73. The summed E-state index contributed by atoms with van der Waals surface area (Å²) in [6.07, 6.45) is 8.99. The summed E-state index contributed by atoms with van der Waals surface area (Å²) >= 11 is 0. The summed E-state index contributed by atoms with van der Waals surface area (Å²) < 4.78 is 13.5. The largest absolute Gasteiger partial charge is 0.504 e. The molecule has 1 aromatic rings. The predicted molar refractivity (Wildman–Crippen MR) is 108 cm³/mol. The number of likely N-dealkylation sites (tertiary alicyclic amines) is 1. The molecule has 2 saturated heterocycles. The van der Waals surface area contributed by atoms with Gasteiger partial charge in [0.05, 0.1) is 6.61 Å². The fraction of sp³-hybridized carbons (Fsp3) is 0.760. The molecule has 3 spiro atoms. The molecule has 1 N–H and O–H groups in total. The highest BCUT2D eigenvalue weighted by molar-refractivity contribution is 5.63. The third-order valence-corrected chi connectivity index (χ3v) is 10.6. The van der Waals surface area contributed by atoms with Crippen molar-refractivity contribution in [3.63, 3.8) is 0 Å². The normalized spacial score (nSPS) is 50.9. The first-order valence-electron chi connectivity index (χ1n) is 12.0. The highest BCUT2D eigenvalue weighted by atomic mass is 16.6. The van der Waals surface area contributed by atoms with Crippen LogP contribution in [0.2, 0.25) is 0 Å². The van der Waals surface area contributed by atoms with Crippen LogP contribution in [0.25, 0.3) is 0 Å². The van der Waals surface area contributed by atoms with Crippen molar-refractivity contribution in [2.45, 2.75) is 75.0 Å². The summed E-state index contributed by atoms with van der Waals surface area (Å²) in [5, 5.41) is 10.8. The SMILES string of the molecule is C[C@H]1CO[C@@]23CCC4(C[C@@H]12)[C@H]1Cc2ccc(O)c5c2C4(CCN1CC1CC1)[C@H]3O5. The average molecular weight is 394 g/mol. The van der Waals surface area contributed by atoms with Gasteiger partial charge in [-0.1, -0.05) is 13.0 Å². The van der Waals surface area contributed by atoms with Crippen LogP contribution in [0.3, 0.4) is 0 Å². The van der Waals surface area contributed by atoms with Crippen LogP contribution in [-0.2, 0) is 16.6 Å². The molecule has 4 heteroatoms. The third-order valence-electron chi connectivity index (χ3n) is 10.6. The van der Waals surface area contributed by atoms with E-state index in [-0.39, 0.29) is 17.1 Å². The Morgan fingerprint density at radius 2 is 2.10 bits per heavy atom. The van der Waals surface area contributed by atoms with Gasteiger partial charge in [-0.3, -0.25) is 4.90 Å². The summed E-state index contributed by atoms with van der Waals surface area (Å²) in [4.78, 5) is 2.90. The van der Waals surface area contributed by atoms with Crippen LogP contribution in [0.1, 0.15) is 56.6 Å². The third kappa shape index (κ3) is 1.58. The number of piperidine rings is 1. The van der Waals surface area contributed by atoms with Gasteiger partial charge >= 0.3 is 0 Å². The maximum Gasteiger partial charge on any atom is 0.165 e. The summed E-state index contributed by atoms with van der Waals surface area (Å²) in [6, 6.07) is 4.73. The molecule has 5 aliphatic carbocycles. The minimum absolute atomic E-state index is 0.0538. The first-order valence-corrected chi connectivity index (χ1v) is 12.0. The Bertz CT molecular complexity index is 942. The lowest BCUT2D eigenvalue weighted by molar-refractivity contribution is -0.260. The molecule has 3 heterocycles. The van der Waals surface area contributed by atoms with Crippen LogP contribution in [0.5, 0.6) is 11.5 Å². The van der Waals surface area contributed by atoms with E-state index in [0.717, 1.165) is 31.1 Å². The number of phenols is 1. The zero-order valence-corrected chi connectivity index (χ0v) is 17.3. The van der Waals surface area contributed by atoms with Crippen LogP contribution in [-0.4, -0.2) is 47.4 Å². The number of benzene rings is 1. The lowest BCUT2D eigenvalue weighted by atomic mass is 9.34. The zero-order chi connectivity index (χ0) is 19.2. The Morgan fingerprint density at radius 3 is 2.97 bits per heavy atom. The van der Waals surface area contributed by atoms with E-state index in [9.17, 15) is 5.11 Å². The topological polar surface area (TPSA) is 41.9 Å². The number of rotatable bonds is 2. The maximum absolute atomic E-state index is 10.8. The van der Waals surface area contributed by atoms with E-state index in [1.807, 2.05) is 6.07 Å². The van der Waals surface area contributed by atoms with Crippen molar-refractivity contribution < 1.29 is 14.6 Å². The van der Waals surface area contributed by atoms with Crippen molar-refractivity contribution in [3.8, 4) is 11.5 Å². The summed E-state index contributed by atoms with van der Waals surface area (Å²) in [7, 11) is 0. The van der Waals surface area contributed by atoms with Crippen molar-refractivity contribution in [3.05, 3.63) is 23.3 Å². The molecule has 0 amide bonds. The molecule has 2 unspecified atom stereocenters. The number of nitrogens with zero attached hydrogens (tertiary/aromatic N) is 1. The quantitative estimate of drug-likeness (QED) is 0.833. The number of fused-ring (bicyclic) bond motifs is 1. The monoisotopic (exact) mass is 393 g/mol. The molecule has 3 aliphatic heterocycles. The van der Waals surface area contributed by atoms with Gasteiger partial charge in [0.25, 0.3) is 0 Å². The Morgan fingerprint density at radius 1 is 1.21 bits per heavy atom. The van der Waals surface area contributed by atoms with Gasteiger partial charge in [0.2, 0.25) is 0 Å². The Hall–Kier alpha value is -1.26. The summed E-state index contributed by atoms with van der Waals surface area (Å²) in [6.45, 7) is 5.76. The molecular weight excluding hydrogens is 362 g/mol. The smallest absolute Gasteiger partial charge is 0.165 e.